The van der Waals surface area contributed by atoms with E-state index in [9.17, 15) is 4.79 Å². The van der Waals surface area contributed by atoms with E-state index >= 15 is 0 Å². The average Bonchev–Trinajstić information content (AvgIpc) is 2.82. The minimum atomic E-state index is -0.183. The molecule has 6 nitrogen and oxygen atoms in total. The number of nitrogens with zero attached hydrogens (tertiary/aromatic N) is 2. The maximum Gasteiger partial charge on any atom is 0.252 e. The molecule has 0 saturated carbocycles. The van der Waals surface area contributed by atoms with Gasteiger partial charge in [-0.15, -0.1) is 0 Å². The molecule has 0 bridgehead atoms. The minimum absolute atomic E-state index is 0.183. The summed E-state index contributed by atoms with van der Waals surface area (Å²) >= 11 is 0. The first-order chi connectivity index (χ1) is 15.1. The first-order valence-electron chi connectivity index (χ1n) is 9.91. The van der Waals surface area contributed by atoms with Gasteiger partial charge >= 0.3 is 0 Å². The number of ether oxygens (including phenoxy) is 2. The number of methoxy groups -OCH3 is 2. The van der Waals surface area contributed by atoms with Gasteiger partial charge in [0, 0.05) is 23.2 Å². The van der Waals surface area contributed by atoms with Gasteiger partial charge in [-0.2, -0.15) is 0 Å². The molecule has 1 N–H and O–H groups in total. The summed E-state index contributed by atoms with van der Waals surface area (Å²) < 4.78 is 10.8. The van der Waals surface area contributed by atoms with Crippen LogP contribution in [0.1, 0.15) is 21.6 Å². The molecule has 4 aromatic rings. The molecule has 2 aromatic carbocycles. The summed E-state index contributed by atoms with van der Waals surface area (Å²) in [6.45, 7) is 2.34. The lowest BCUT2D eigenvalue weighted by atomic mass is 10.0. The van der Waals surface area contributed by atoms with Gasteiger partial charge in [-0.05, 0) is 49.4 Å². The fourth-order valence-electron chi connectivity index (χ4n) is 3.44. The number of hydrogen-bond acceptors (Lipinski definition) is 5. The molecule has 0 aliphatic carbocycles. The van der Waals surface area contributed by atoms with Crippen LogP contribution in [0.2, 0.25) is 0 Å². The van der Waals surface area contributed by atoms with Crippen molar-refractivity contribution in [1.82, 2.24) is 15.3 Å². The fourth-order valence-corrected chi connectivity index (χ4v) is 3.44. The van der Waals surface area contributed by atoms with Crippen LogP contribution < -0.4 is 14.8 Å². The molecule has 0 aliphatic rings. The van der Waals surface area contributed by atoms with Crippen LogP contribution in [0, 0.1) is 6.92 Å². The van der Waals surface area contributed by atoms with Crippen LogP contribution in [0.25, 0.3) is 22.2 Å². The molecular weight excluding hydrogens is 390 g/mol. The van der Waals surface area contributed by atoms with Crippen molar-refractivity contribution in [2.45, 2.75) is 13.5 Å². The molecule has 0 radical (unpaired) electrons. The van der Waals surface area contributed by atoms with Crippen molar-refractivity contribution in [3.05, 3.63) is 83.7 Å². The Hall–Kier alpha value is -3.93. The van der Waals surface area contributed by atoms with Crippen LogP contribution >= 0.6 is 0 Å². The zero-order valence-corrected chi connectivity index (χ0v) is 17.7. The summed E-state index contributed by atoms with van der Waals surface area (Å²) in [5.74, 6) is 1.13. The third-order valence-electron chi connectivity index (χ3n) is 5.05. The van der Waals surface area contributed by atoms with Crippen molar-refractivity contribution >= 4 is 16.8 Å². The van der Waals surface area contributed by atoms with Crippen molar-refractivity contribution in [2.75, 3.05) is 14.2 Å². The molecular formula is C25H23N3O3. The predicted molar refractivity (Wildman–Crippen MR) is 120 cm³/mol. The maximum atomic E-state index is 13.2. The van der Waals surface area contributed by atoms with E-state index in [0.717, 1.165) is 27.7 Å². The lowest BCUT2D eigenvalue weighted by Gasteiger charge is -2.14. The Bertz CT molecular complexity index is 1240. The highest BCUT2D eigenvalue weighted by atomic mass is 16.5. The summed E-state index contributed by atoms with van der Waals surface area (Å²) in [6.07, 6.45) is 1.71. The smallest absolute Gasteiger partial charge is 0.252 e. The second-order valence-electron chi connectivity index (χ2n) is 7.15. The highest BCUT2D eigenvalue weighted by Crippen LogP contribution is 2.34. The van der Waals surface area contributed by atoms with Crippen LogP contribution in [0.5, 0.6) is 11.5 Å². The predicted octanol–water partition coefficient (Wildman–Crippen LogP) is 4.55. The van der Waals surface area contributed by atoms with Gasteiger partial charge in [0.05, 0.1) is 43.2 Å². The Kier molecular flexibility index (Phi) is 5.80. The van der Waals surface area contributed by atoms with Crippen LogP contribution in [0.15, 0.2) is 66.9 Å². The Morgan fingerprint density at radius 3 is 2.61 bits per heavy atom. The zero-order valence-electron chi connectivity index (χ0n) is 17.7. The van der Waals surface area contributed by atoms with Crippen molar-refractivity contribution < 1.29 is 14.3 Å². The van der Waals surface area contributed by atoms with Crippen molar-refractivity contribution in [1.29, 1.82) is 0 Å². The number of pyridine rings is 2. The highest BCUT2D eigenvalue weighted by Gasteiger charge is 2.17. The molecule has 2 aromatic heterocycles. The summed E-state index contributed by atoms with van der Waals surface area (Å²) in [6, 6.07) is 18.9. The number of carbonyl (C=O) groups is 1. The van der Waals surface area contributed by atoms with Crippen molar-refractivity contribution in [3.8, 4) is 22.8 Å². The first kappa shape index (κ1) is 20.3. The van der Waals surface area contributed by atoms with Gasteiger partial charge in [-0.1, -0.05) is 17.7 Å². The van der Waals surface area contributed by atoms with E-state index in [-0.39, 0.29) is 5.91 Å². The van der Waals surface area contributed by atoms with Crippen LogP contribution in [-0.2, 0) is 6.54 Å². The first-order valence-corrected chi connectivity index (χ1v) is 9.91. The molecule has 0 atom stereocenters. The second-order valence-corrected chi connectivity index (χ2v) is 7.15. The fraction of sp³-hybridized carbons (Fsp3) is 0.160. The number of hydrogen-bond donors (Lipinski definition) is 1. The summed E-state index contributed by atoms with van der Waals surface area (Å²) in [7, 11) is 3.21. The Morgan fingerprint density at radius 2 is 1.87 bits per heavy atom. The molecule has 6 heteroatoms. The SMILES string of the molecule is COc1ccc(-c2cc(C(=O)NCc3ccccn3)c3cc(C)ccc3n2)c(OC)c1. The van der Waals surface area contributed by atoms with Crippen LogP contribution in [-0.4, -0.2) is 30.1 Å². The van der Waals surface area contributed by atoms with Gasteiger partial charge in [0.1, 0.15) is 11.5 Å². The molecule has 0 aliphatic heterocycles. The monoisotopic (exact) mass is 413 g/mol. The van der Waals surface area contributed by atoms with E-state index in [4.69, 9.17) is 14.5 Å². The molecule has 156 valence electrons. The van der Waals surface area contributed by atoms with E-state index in [1.54, 1.807) is 32.5 Å². The third kappa shape index (κ3) is 4.33. The zero-order chi connectivity index (χ0) is 21.8. The van der Waals surface area contributed by atoms with Gasteiger partial charge < -0.3 is 14.8 Å². The molecule has 0 unspecified atom stereocenters. The summed E-state index contributed by atoms with van der Waals surface area (Å²) in [5, 5.41) is 3.77. The molecule has 1 amide bonds. The van der Waals surface area contributed by atoms with Gasteiger partial charge in [0.15, 0.2) is 0 Å². The van der Waals surface area contributed by atoms with E-state index < -0.39 is 0 Å². The molecule has 31 heavy (non-hydrogen) atoms. The quantitative estimate of drug-likeness (QED) is 0.502. The molecule has 0 saturated heterocycles. The van der Waals surface area contributed by atoms with Gasteiger partial charge in [0.2, 0.25) is 0 Å². The minimum Gasteiger partial charge on any atom is -0.497 e. The maximum absolute atomic E-state index is 13.2. The number of rotatable bonds is 6. The number of benzene rings is 2. The molecule has 2 heterocycles. The number of nitrogens with one attached hydrogen (secondary N) is 1. The highest BCUT2D eigenvalue weighted by molar-refractivity contribution is 6.07. The normalized spacial score (nSPS) is 10.7. The topological polar surface area (TPSA) is 73.3 Å². The van der Waals surface area contributed by atoms with Crippen molar-refractivity contribution in [3.63, 3.8) is 0 Å². The van der Waals surface area contributed by atoms with Crippen LogP contribution in [0.4, 0.5) is 0 Å². The number of carbonyl (C=O) groups excluding carboxylic acids is 1. The van der Waals surface area contributed by atoms with E-state index in [1.165, 1.54) is 0 Å². The Morgan fingerprint density at radius 1 is 1.00 bits per heavy atom. The molecule has 4 rings (SSSR count). The van der Waals surface area contributed by atoms with Gasteiger partial charge in [-0.3, -0.25) is 9.78 Å². The number of amides is 1. The second kappa shape index (κ2) is 8.83. The van der Waals surface area contributed by atoms with Crippen molar-refractivity contribution in [2.24, 2.45) is 0 Å². The largest absolute Gasteiger partial charge is 0.497 e. The third-order valence-corrected chi connectivity index (χ3v) is 5.05. The number of aromatic nitrogens is 2. The Balaban J connectivity index is 1.79. The van der Waals surface area contributed by atoms with E-state index in [1.807, 2.05) is 55.5 Å². The van der Waals surface area contributed by atoms with Crippen LogP contribution in [0.3, 0.4) is 0 Å². The lowest BCUT2D eigenvalue weighted by molar-refractivity contribution is 0.0952. The van der Waals surface area contributed by atoms with Gasteiger partial charge in [0.25, 0.3) is 5.91 Å². The summed E-state index contributed by atoms with van der Waals surface area (Å²) in [4.78, 5) is 22.2. The standard InChI is InChI=1S/C25H23N3O3/c1-16-7-10-22-20(12-16)21(25(29)27-15-17-6-4-5-11-26-17)14-23(28-22)19-9-8-18(30-2)13-24(19)31-3/h4-14H,15H2,1-3H3,(H,27,29). The summed E-state index contributed by atoms with van der Waals surface area (Å²) in [5.41, 5.74) is 4.58. The number of aryl methyl sites for hydroxylation is 1. The molecule has 0 spiro atoms. The van der Waals surface area contributed by atoms with E-state index in [0.29, 0.717) is 29.3 Å². The Labute approximate surface area is 180 Å². The van der Waals surface area contributed by atoms with Gasteiger partial charge in [-0.25, -0.2) is 4.98 Å². The average molecular weight is 413 g/mol. The van der Waals surface area contributed by atoms with E-state index in [2.05, 4.69) is 10.3 Å². The molecule has 0 fully saturated rings. The number of fused-ring (bicyclic) bond motifs is 1. The lowest BCUT2D eigenvalue weighted by Crippen LogP contribution is -2.23.